The number of likely N-dealkylation sites (tertiary alicyclic amines) is 1. The van der Waals surface area contributed by atoms with Gasteiger partial charge in [-0.1, -0.05) is 25.5 Å². The van der Waals surface area contributed by atoms with Crippen LogP contribution in [0.5, 0.6) is 0 Å². The number of piperidine rings is 1. The first-order valence-electron chi connectivity index (χ1n) is 7.84. The Kier molecular flexibility index (Phi) is 4.45. The van der Waals surface area contributed by atoms with Gasteiger partial charge in [0.05, 0.1) is 13.0 Å². The number of esters is 1. The van der Waals surface area contributed by atoms with Gasteiger partial charge in [0.1, 0.15) is 6.04 Å². The van der Waals surface area contributed by atoms with Crippen molar-refractivity contribution in [3.63, 3.8) is 0 Å². The van der Waals surface area contributed by atoms with E-state index in [0.717, 1.165) is 19.3 Å². The zero-order valence-electron chi connectivity index (χ0n) is 13.8. The Bertz CT molecular complexity index is 463. The van der Waals surface area contributed by atoms with E-state index in [1.54, 1.807) is 4.90 Å². The van der Waals surface area contributed by atoms with Gasteiger partial charge < -0.3 is 9.64 Å². The van der Waals surface area contributed by atoms with Crippen molar-refractivity contribution in [3.8, 4) is 0 Å². The number of ether oxygens (including phenoxy) is 1. The number of hydrogen-bond donors (Lipinski definition) is 0. The number of allylic oxidation sites excluding steroid dienone is 2. The van der Waals surface area contributed by atoms with Crippen LogP contribution in [0.15, 0.2) is 11.6 Å². The highest BCUT2D eigenvalue weighted by atomic mass is 16.5. The number of hydrogen-bond acceptors (Lipinski definition) is 3. The number of carbonyl (C=O) groups excluding carboxylic acids is 2. The van der Waals surface area contributed by atoms with Gasteiger partial charge in [0.25, 0.3) is 0 Å². The highest BCUT2D eigenvalue weighted by molar-refractivity contribution is 5.89. The average Bonchev–Trinajstić information content (AvgIpc) is 2.97. The summed E-state index contributed by atoms with van der Waals surface area (Å²) in [5.41, 5.74) is 1.23. The summed E-state index contributed by atoms with van der Waals surface area (Å²) in [6.45, 7) is 9.07. The van der Waals surface area contributed by atoms with Crippen molar-refractivity contribution < 1.29 is 14.3 Å². The van der Waals surface area contributed by atoms with E-state index in [4.69, 9.17) is 4.74 Å². The molecule has 2 rings (SSSR count). The first kappa shape index (κ1) is 16.1. The maximum Gasteiger partial charge on any atom is 0.328 e. The first-order chi connectivity index (χ1) is 9.80. The molecule has 3 atom stereocenters. The molecule has 0 radical (unpaired) electrons. The zero-order chi connectivity index (χ0) is 15.8. The minimum atomic E-state index is -0.389. The molecule has 118 valence electrons. The summed E-state index contributed by atoms with van der Waals surface area (Å²) >= 11 is 0. The van der Waals surface area contributed by atoms with Crippen LogP contribution in [0, 0.1) is 17.3 Å². The molecule has 2 fully saturated rings. The second kappa shape index (κ2) is 5.82. The Morgan fingerprint density at radius 3 is 2.48 bits per heavy atom. The van der Waals surface area contributed by atoms with E-state index >= 15 is 0 Å². The molecule has 1 aliphatic carbocycles. The summed E-state index contributed by atoms with van der Waals surface area (Å²) in [6.07, 6.45) is 4.87. The molecule has 1 heterocycles. The van der Waals surface area contributed by atoms with Crippen LogP contribution in [0.1, 0.15) is 47.0 Å². The fraction of sp³-hybridized carbons (Fsp3) is 0.765. The van der Waals surface area contributed by atoms with Crippen LogP contribution in [0.2, 0.25) is 0 Å². The molecule has 4 heteroatoms. The quantitative estimate of drug-likeness (QED) is 0.594. The molecule has 2 aliphatic rings. The summed E-state index contributed by atoms with van der Waals surface area (Å²) in [5.74, 6) is 0.130. The van der Waals surface area contributed by atoms with Crippen molar-refractivity contribution in [2.45, 2.75) is 53.0 Å². The van der Waals surface area contributed by atoms with Crippen LogP contribution in [0.4, 0.5) is 0 Å². The smallest absolute Gasteiger partial charge is 0.328 e. The SMILES string of the molecule is COC(=O)C1CCCCN1C(=O)C1C(C=C(C)C)C1(C)C. The van der Waals surface area contributed by atoms with Crippen LogP contribution >= 0.6 is 0 Å². The predicted octanol–water partition coefficient (Wildman–Crippen LogP) is 2.78. The molecular weight excluding hydrogens is 266 g/mol. The van der Waals surface area contributed by atoms with Gasteiger partial charge in [-0.3, -0.25) is 4.79 Å². The molecule has 1 amide bonds. The summed E-state index contributed by atoms with van der Waals surface area (Å²) in [5, 5.41) is 0. The monoisotopic (exact) mass is 293 g/mol. The van der Waals surface area contributed by atoms with Gasteiger partial charge in [0, 0.05) is 6.54 Å². The summed E-state index contributed by atoms with van der Waals surface area (Å²) < 4.78 is 4.87. The number of nitrogens with zero attached hydrogens (tertiary/aromatic N) is 1. The third-order valence-electron chi connectivity index (χ3n) is 4.95. The molecule has 1 saturated carbocycles. The van der Waals surface area contributed by atoms with E-state index in [1.165, 1.54) is 12.7 Å². The molecule has 0 aromatic heterocycles. The number of methoxy groups -OCH3 is 1. The van der Waals surface area contributed by atoms with Crippen LogP contribution in [0.3, 0.4) is 0 Å². The van der Waals surface area contributed by atoms with Gasteiger partial charge in [0.2, 0.25) is 5.91 Å². The van der Waals surface area contributed by atoms with E-state index in [9.17, 15) is 9.59 Å². The van der Waals surface area contributed by atoms with Crippen molar-refractivity contribution in [2.75, 3.05) is 13.7 Å². The Labute approximate surface area is 127 Å². The zero-order valence-corrected chi connectivity index (χ0v) is 13.8. The summed E-state index contributed by atoms with van der Waals surface area (Å²) in [4.78, 5) is 26.6. The standard InChI is InChI=1S/C17H27NO3/c1-11(2)10-12-14(17(12,3)4)15(19)18-9-7-6-8-13(18)16(20)21-5/h10,12-14H,6-9H2,1-5H3. The van der Waals surface area contributed by atoms with Crippen molar-refractivity contribution >= 4 is 11.9 Å². The molecular formula is C17H27NO3. The second-order valence-electron chi connectivity index (χ2n) is 7.14. The van der Waals surface area contributed by atoms with Crippen LogP contribution in [-0.4, -0.2) is 36.5 Å². The van der Waals surface area contributed by atoms with E-state index in [-0.39, 0.29) is 35.2 Å². The van der Waals surface area contributed by atoms with Crippen LogP contribution in [0.25, 0.3) is 0 Å². The molecule has 4 nitrogen and oxygen atoms in total. The minimum Gasteiger partial charge on any atom is -0.467 e. The third kappa shape index (κ3) is 2.99. The fourth-order valence-electron chi connectivity index (χ4n) is 3.57. The van der Waals surface area contributed by atoms with Crippen molar-refractivity contribution in [1.29, 1.82) is 0 Å². The lowest BCUT2D eigenvalue weighted by molar-refractivity contribution is -0.155. The summed E-state index contributed by atoms with van der Waals surface area (Å²) in [6, 6.07) is -0.389. The van der Waals surface area contributed by atoms with Crippen molar-refractivity contribution in [2.24, 2.45) is 17.3 Å². The van der Waals surface area contributed by atoms with E-state index in [2.05, 4.69) is 33.8 Å². The van der Waals surface area contributed by atoms with Gasteiger partial charge in [-0.25, -0.2) is 4.79 Å². The minimum absolute atomic E-state index is 0.00217. The lowest BCUT2D eigenvalue weighted by atomic mass is 10.0. The molecule has 0 aromatic carbocycles. The molecule has 3 unspecified atom stereocenters. The van der Waals surface area contributed by atoms with E-state index in [1.807, 2.05) is 0 Å². The number of amides is 1. The Hall–Kier alpha value is -1.32. The molecule has 21 heavy (non-hydrogen) atoms. The maximum absolute atomic E-state index is 12.9. The van der Waals surface area contributed by atoms with E-state index in [0.29, 0.717) is 6.54 Å². The number of carbonyl (C=O) groups is 2. The average molecular weight is 293 g/mol. The number of rotatable bonds is 3. The predicted molar refractivity (Wildman–Crippen MR) is 81.6 cm³/mol. The lowest BCUT2D eigenvalue weighted by Gasteiger charge is -2.34. The second-order valence-corrected chi connectivity index (χ2v) is 7.14. The Morgan fingerprint density at radius 2 is 1.90 bits per heavy atom. The first-order valence-corrected chi connectivity index (χ1v) is 7.84. The van der Waals surface area contributed by atoms with Gasteiger partial charge in [-0.05, 0) is 44.4 Å². The highest BCUT2D eigenvalue weighted by Gasteiger charge is 2.62. The van der Waals surface area contributed by atoms with Gasteiger partial charge in [-0.15, -0.1) is 0 Å². The normalized spacial score (nSPS) is 30.5. The fourth-order valence-corrected chi connectivity index (χ4v) is 3.57. The molecule has 0 bridgehead atoms. The van der Waals surface area contributed by atoms with Gasteiger partial charge >= 0.3 is 5.97 Å². The third-order valence-corrected chi connectivity index (χ3v) is 4.95. The Morgan fingerprint density at radius 1 is 1.24 bits per heavy atom. The molecule has 1 saturated heterocycles. The molecule has 0 N–H and O–H groups in total. The van der Waals surface area contributed by atoms with Crippen molar-refractivity contribution in [3.05, 3.63) is 11.6 Å². The lowest BCUT2D eigenvalue weighted by Crippen LogP contribution is -2.49. The van der Waals surface area contributed by atoms with E-state index < -0.39 is 0 Å². The maximum atomic E-state index is 12.9. The topological polar surface area (TPSA) is 46.6 Å². The highest BCUT2D eigenvalue weighted by Crippen LogP contribution is 2.60. The molecule has 0 spiro atoms. The van der Waals surface area contributed by atoms with Crippen LogP contribution in [-0.2, 0) is 14.3 Å². The van der Waals surface area contributed by atoms with Crippen molar-refractivity contribution in [1.82, 2.24) is 4.90 Å². The van der Waals surface area contributed by atoms with Gasteiger partial charge in [0.15, 0.2) is 0 Å². The van der Waals surface area contributed by atoms with Crippen LogP contribution < -0.4 is 0 Å². The largest absolute Gasteiger partial charge is 0.467 e. The Balaban J connectivity index is 2.15. The summed E-state index contributed by atoms with van der Waals surface area (Å²) in [7, 11) is 1.40. The molecule has 1 aliphatic heterocycles. The molecule has 0 aromatic rings. The van der Waals surface area contributed by atoms with Gasteiger partial charge in [-0.2, -0.15) is 0 Å².